The topological polar surface area (TPSA) is 44.9 Å². The Morgan fingerprint density at radius 2 is 1.45 bits per heavy atom. The van der Waals surface area contributed by atoms with Gasteiger partial charge in [0.15, 0.2) is 0 Å². The van der Waals surface area contributed by atoms with Crippen molar-refractivity contribution in [2.75, 3.05) is 0 Å². The van der Waals surface area contributed by atoms with E-state index in [0.29, 0.717) is 11.8 Å². The molecule has 260 valence electrons. The number of hydrogen-bond acceptors (Lipinski definition) is 3. The molecule has 0 spiro atoms. The number of hydrogen-bond donors (Lipinski definition) is 0. The van der Waals surface area contributed by atoms with Crippen molar-refractivity contribution in [3.05, 3.63) is 132 Å². The number of pyridine rings is 1. The van der Waals surface area contributed by atoms with E-state index >= 15 is 0 Å². The second-order valence-corrected chi connectivity index (χ2v) is 14.5. The zero-order chi connectivity index (χ0) is 35.5. The number of para-hydroxylation sites is 1. The molecule has 2 unspecified atom stereocenters. The number of aryl methyl sites for hydroxylation is 2. The summed E-state index contributed by atoms with van der Waals surface area (Å²) in [4.78, 5) is 4.81. The fraction of sp³-hybridized carbons (Fsp3) is 0.304. The number of rotatable bonds is 13. The van der Waals surface area contributed by atoms with Crippen molar-refractivity contribution < 1.29 is 4.74 Å². The van der Waals surface area contributed by atoms with Crippen molar-refractivity contribution in [2.24, 2.45) is 11.8 Å². The van der Waals surface area contributed by atoms with Crippen LogP contribution in [0.2, 0.25) is 0 Å². The highest BCUT2D eigenvalue weighted by atomic mass is 16.5. The monoisotopic (exact) mass is 674 g/mol. The molecule has 0 aliphatic heterocycles. The molecule has 0 radical (unpaired) electrons. The molecule has 0 aliphatic carbocycles. The summed E-state index contributed by atoms with van der Waals surface area (Å²) in [5, 5.41) is 7.27. The lowest BCUT2D eigenvalue weighted by atomic mass is 9.85. The predicted octanol–water partition coefficient (Wildman–Crippen LogP) is 12.3. The molecule has 2 atom stereocenters. The third-order valence-corrected chi connectivity index (χ3v) is 10.4. The molecule has 7 aromatic rings. The minimum atomic E-state index is 0.619. The Morgan fingerprint density at radius 3 is 2.20 bits per heavy atom. The second kappa shape index (κ2) is 15.0. The lowest BCUT2D eigenvalue weighted by molar-refractivity contribution is 0.483. The Labute approximate surface area is 302 Å². The van der Waals surface area contributed by atoms with Gasteiger partial charge in [0.05, 0.1) is 22.9 Å². The molecular weight excluding hydrogens is 625 g/mol. The van der Waals surface area contributed by atoms with Crippen molar-refractivity contribution >= 4 is 21.8 Å². The van der Waals surface area contributed by atoms with Crippen LogP contribution in [0, 0.1) is 18.8 Å². The van der Waals surface area contributed by atoms with Crippen LogP contribution in [0.15, 0.2) is 110 Å². The Balaban J connectivity index is 1.23. The van der Waals surface area contributed by atoms with Crippen molar-refractivity contribution in [1.82, 2.24) is 19.3 Å². The van der Waals surface area contributed by atoms with Crippen LogP contribution in [0.25, 0.3) is 44.4 Å². The smallest absolute Gasteiger partial charge is 0.137 e. The molecule has 0 saturated heterocycles. The van der Waals surface area contributed by atoms with Crippen molar-refractivity contribution in [1.29, 1.82) is 0 Å². The summed E-state index contributed by atoms with van der Waals surface area (Å²) in [5.74, 6) is 3.70. The molecule has 0 aliphatic rings. The summed E-state index contributed by atoms with van der Waals surface area (Å²) >= 11 is 0. The Hall–Kier alpha value is -5.16. The lowest BCUT2D eigenvalue weighted by Crippen LogP contribution is -2.06. The molecule has 3 heterocycles. The summed E-state index contributed by atoms with van der Waals surface area (Å²) in [5.41, 5.74) is 11.2. The molecule has 5 nitrogen and oxygen atoms in total. The molecule has 5 heteroatoms. The van der Waals surface area contributed by atoms with Crippen LogP contribution in [0.1, 0.15) is 76.1 Å². The highest BCUT2D eigenvalue weighted by Gasteiger charge is 2.18. The Morgan fingerprint density at radius 1 is 0.725 bits per heavy atom. The normalized spacial score (nSPS) is 12.8. The predicted molar refractivity (Wildman–Crippen MR) is 213 cm³/mol. The number of fused-ring (bicyclic) bond motifs is 3. The highest BCUT2D eigenvalue weighted by molar-refractivity contribution is 6.09. The minimum absolute atomic E-state index is 0.619. The summed E-state index contributed by atoms with van der Waals surface area (Å²) < 4.78 is 10.8. The van der Waals surface area contributed by atoms with Crippen LogP contribution in [0.4, 0.5) is 0 Å². The van der Waals surface area contributed by atoms with Crippen LogP contribution in [-0.2, 0) is 19.3 Å². The van der Waals surface area contributed by atoms with Gasteiger partial charge >= 0.3 is 0 Å². The number of benzene rings is 4. The zero-order valence-corrected chi connectivity index (χ0v) is 31.0. The number of nitrogens with zero attached hydrogens (tertiary/aromatic N) is 4. The van der Waals surface area contributed by atoms with Crippen LogP contribution in [0.3, 0.4) is 0 Å². The third-order valence-electron chi connectivity index (χ3n) is 10.4. The summed E-state index contributed by atoms with van der Waals surface area (Å²) in [7, 11) is 0. The molecule has 0 saturated carbocycles. The molecule has 51 heavy (non-hydrogen) atoms. The zero-order valence-electron chi connectivity index (χ0n) is 31.0. The van der Waals surface area contributed by atoms with Gasteiger partial charge in [0.25, 0.3) is 0 Å². The average molecular weight is 675 g/mol. The van der Waals surface area contributed by atoms with Gasteiger partial charge in [-0.25, -0.2) is 9.67 Å². The van der Waals surface area contributed by atoms with Gasteiger partial charge in [-0.1, -0.05) is 95.8 Å². The summed E-state index contributed by atoms with van der Waals surface area (Å²) in [6.45, 7) is 13.7. The molecule has 0 N–H and O–H groups in total. The maximum absolute atomic E-state index is 6.58. The molecule has 3 aromatic heterocycles. The van der Waals surface area contributed by atoms with Crippen molar-refractivity contribution in [3.63, 3.8) is 0 Å². The molecule has 0 amide bonds. The first kappa shape index (κ1) is 34.3. The fourth-order valence-electron chi connectivity index (χ4n) is 7.38. The summed E-state index contributed by atoms with van der Waals surface area (Å²) in [6.07, 6.45) is 12.7. The number of aromatic nitrogens is 4. The first-order valence-corrected chi connectivity index (χ1v) is 18.8. The van der Waals surface area contributed by atoms with Gasteiger partial charge in [0.1, 0.15) is 17.3 Å². The quantitative estimate of drug-likeness (QED) is 0.122. The third kappa shape index (κ3) is 7.21. The van der Waals surface area contributed by atoms with Crippen LogP contribution < -0.4 is 4.74 Å². The first-order valence-electron chi connectivity index (χ1n) is 18.8. The Bertz CT molecular complexity index is 2260. The molecule has 0 fully saturated rings. The number of ether oxygens (including phenoxy) is 1. The average Bonchev–Trinajstić information content (AvgIpc) is 3.75. The van der Waals surface area contributed by atoms with Crippen LogP contribution in [0.5, 0.6) is 11.5 Å². The maximum Gasteiger partial charge on any atom is 0.137 e. The minimum Gasteiger partial charge on any atom is -0.457 e. The summed E-state index contributed by atoms with van der Waals surface area (Å²) in [6, 6.07) is 32.2. The van der Waals surface area contributed by atoms with Gasteiger partial charge in [-0.3, -0.25) is 4.57 Å². The van der Waals surface area contributed by atoms with E-state index in [4.69, 9.17) is 14.8 Å². The standard InChI is InChI=1S/C46H50N4O/c1-7-13-34-20-21-47-45(26-34)50-43-17-11-10-16-41(43)42-19-18-40(28-44(42)50)51-39-15-12-14-38(27-39)49-30-37(29-48-49)46-35(22-31(4)8-2)24-33(6)25-36(46)23-32(5)9-3/h10-12,14-21,24-32H,7-9,13,22-23H2,1-6H3. The van der Waals surface area contributed by atoms with E-state index in [1.807, 2.05) is 29.2 Å². The molecule has 7 rings (SSSR count). The molecule has 0 bridgehead atoms. The van der Waals surface area contributed by atoms with E-state index < -0.39 is 0 Å². The van der Waals surface area contributed by atoms with Gasteiger partial charge in [-0.15, -0.1) is 0 Å². The van der Waals surface area contributed by atoms with E-state index in [0.717, 1.165) is 59.7 Å². The molecular formula is C46H50N4O. The largest absolute Gasteiger partial charge is 0.457 e. The first-order chi connectivity index (χ1) is 24.8. The van der Waals surface area contributed by atoms with Gasteiger partial charge in [0.2, 0.25) is 0 Å². The van der Waals surface area contributed by atoms with E-state index in [2.05, 4.69) is 131 Å². The fourth-order valence-corrected chi connectivity index (χ4v) is 7.38. The van der Waals surface area contributed by atoms with E-state index in [-0.39, 0.29) is 0 Å². The maximum atomic E-state index is 6.58. The molecule has 4 aromatic carbocycles. The second-order valence-electron chi connectivity index (χ2n) is 14.5. The van der Waals surface area contributed by atoms with E-state index in [9.17, 15) is 0 Å². The van der Waals surface area contributed by atoms with Crippen molar-refractivity contribution in [3.8, 4) is 34.1 Å². The van der Waals surface area contributed by atoms with Crippen LogP contribution >= 0.6 is 0 Å². The van der Waals surface area contributed by atoms with E-state index in [1.165, 1.54) is 57.0 Å². The van der Waals surface area contributed by atoms with Gasteiger partial charge in [-0.05, 0) is 103 Å². The SMILES string of the molecule is CCCc1ccnc(-n2c3ccccc3c3ccc(Oc4cccc(-n5cc(-c6c(CC(C)CC)cc(C)cc6CC(C)CC)cn5)c4)cc32)c1. The van der Waals surface area contributed by atoms with Gasteiger partial charge in [0, 0.05) is 40.9 Å². The van der Waals surface area contributed by atoms with Crippen LogP contribution in [-0.4, -0.2) is 19.3 Å². The Kier molecular flexibility index (Phi) is 10.1. The van der Waals surface area contributed by atoms with Gasteiger partial charge in [-0.2, -0.15) is 5.10 Å². The highest BCUT2D eigenvalue weighted by Crippen LogP contribution is 2.37. The van der Waals surface area contributed by atoms with E-state index in [1.54, 1.807) is 0 Å². The van der Waals surface area contributed by atoms with Gasteiger partial charge < -0.3 is 4.74 Å². The van der Waals surface area contributed by atoms with Crippen molar-refractivity contribution in [2.45, 2.75) is 80.1 Å². The lowest BCUT2D eigenvalue weighted by Gasteiger charge is -2.20.